The monoisotopic (exact) mass is 544 g/mol. The third-order valence-electron chi connectivity index (χ3n) is 5.01. The summed E-state index contributed by atoms with van der Waals surface area (Å²) in [7, 11) is 0. The minimum absolute atomic E-state index is 0. The van der Waals surface area contributed by atoms with Gasteiger partial charge in [0, 0.05) is 38.8 Å². The maximum Gasteiger partial charge on any atom is 0.255 e. The number of amides is 2. The molecule has 0 aromatic heterocycles. The molecular formula is C21H33IN6O3. The third-order valence-corrected chi connectivity index (χ3v) is 5.01. The van der Waals surface area contributed by atoms with Crippen LogP contribution in [0.1, 0.15) is 25.3 Å². The summed E-state index contributed by atoms with van der Waals surface area (Å²) < 4.78 is 5.36. The number of carbonyl (C=O) groups is 2. The summed E-state index contributed by atoms with van der Waals surface area (Å²) in [5.74, 6) is 1.09. The summed E-state index contributed by atoms with van der Waals surface area (Å²) in [4.78, 5) is 32.1. The smallest absolute Gasteiger partial charge is 0.255 e. The number of nitrogens with two attached hydrogens (primary N) is 1. The molecule has 4 N–H and O–H groups in total. The number of benzene rings is 1. The van der Waals surface area contributed by atoms with Crippen LogP contribution in [0.4, 0.5) is 0 Å². The normalized spacial score (nSPS) is 16.9. The van der Waals surface area contributed by atoms with E-state index in [0.717, 1.165) is 57.1 Å². The van der Waals surface area contributed by atoms with Gasteiger partial charge in [-0.15, -0.1) is 24.0 Å². The lowest BCUT2D eigenvalue weighted by atomic mass is 10.2. The SMILES string of the molecule is CCNC(=NCc1cccc(OCC(N)=O)c1)N1CCN(CC(=O)NC2CC2)CC1.I. The van der Waals surface area contributed by atoms with Crippen molar-refractivity contribution in [2.45, 2.75) is 32.4 Å². The van der Waals surface area contributed by atoms with Crippen LogP contribution < -0.4 is 21.1 Å². The lowest BCUT2D eigenvalue weighted by molar-refractivity contribution is -0.122. The van der Waals surface area contributed by atoms with E-state index in [4.69, 9.17) is 15.5 Å². The van der Waals surface area contributed by atoms with Crippen molar-refractivity contribution in [3.8, 4) is 5.75 Å². The van der Waals surface area contributed by atoms with E-state index in [0.29, 0.717) is 24.9 Å². The largest absolute Gasteiger partial charge is 0.484 e. The Morgan fingerprint density at radius 2 is 1.97 bits per heavy atom. The first-order valence-corrected chi connectivity index (χ1v) is 10.6. The lowest BCUT2D eigenvalue weighted by Crippen LogP contribution is -2.54. The molecule has 0 unspecified atom stereocenters. The molecule has 10 heteroatoms. The van der Waals surface area contributed by atoms with E-state index in [1.165, 1.54) is 0 Å². The molecule has 2 fully saturated rings. The molecule has 172 valence electrons. The van der Waals surface area contributed by atoms with Crippen molar-refractivity contribution < 1.29 is 14.3 Å². The highest BCUT2D eigenvalue weighted by Gasteiger charge is 2.25. The first-order valence-electron chi connectivity index (χ1n) is 10.6. The number of piperazine rings is 1. The second-order valence-corrected chi connectivity index (χ2v) is 7.68. The van der Waals surface area contributed by atoms with E-state index in [9.17, 15) is 9.59 Å². The Bertz CT molecular complexity index is 763. The summed E-state index contributed by atoms with van der Waals surface area (Å²) in [5.41, 5.74) is 6.12. The van der Waals surface area contributed by atoms with Gasteiger partial charge in [0.2, 0.25) is 5.91 Å². The van der Waals surface area contributed by atoms with E-state index >= 15 is 0 Å². The van der Waals surface area contributed by atoms with E-state index in [-0.39, 0.29) is 36.5 Å². The van der Waals surface area contributed by atoms with Crippen molar-refractivity contribution in [1.29, 1.82) is 0 Å². The highest BCUT2D eigenvalue weighted by molar-refractivity contribution is 14.0. The van der Waals surface area contributed by atoms with Crippen LogP contribution >= 0.6 is 24.0 Å². The molecule has 0 spiro atoms. The Morgan fingerprint density at radius 3 is 2.61 bits per heavy atom. The number of rotatable bonds is 9. The van der Waals surface area contributed by atoms with Gasteiger partial charge in [0.15, 0.2) is 12.6 Å². The first kappa shape index (κ1) is 25.2. The maximum atomic E-state index is 12.0. The number of guanidine groups is 1. The van der Waals surface area contributed by atoms with Crippen molar-refractivity contribution in [3.63, 3.8) is 0 Å². The minimum atomic E-state index is -0.503. The Labute approximate surface area is 200 Å². The summed E-state index contributed by atoms with van der Waals surface area (Å²) >= 11 is 0. The molecule has 1 aliphatic carbocycles. The number of halogens is 1. The number of hydrogen-bond donors (Lipinski definition) is 3. The fraction of sp³-hybridized carbons (Fsp3) is 0.571. The van der Waals surface area contributed by atoms with E-state index < -0.39 is 5.91 Å². The maximum absolute atomic E-state index is 12.0. The van der Waals surface area contributed by atoms with Crippen molar-refractivity contribution in [3.05, 3.63) is 29.8 Å². The molecule has 1 heterocycles. The molecule has 0 bridgehead atoms. The summed E-state index contributed by atoms with van der Waals surface area (Å²) in [6, 6.07) is 7.91. The molecule has 3 rings (SSSR count). The lowest BCUT2D eigenvalue weighted by Gasteiger charge is -2.36. The molecule has 1 saturated carbocycles. The van der Waals surface area contributed by atoms with Crippen LogP contribution in [0, 0.1) is 0 Å². The predicted molar refractivity (Wildman–Crippen MR) is 131 cm³/mol. The molecule has 1 aliphatic heterocycles. The molecule has 1 saturated heterocycles. The van der Waals surface area contributed by atoms with Crippen LogP contribution in [0.2, 0.25) is 0 Å². The highest BCUT2D eigenvalue weighted by Crippen LogP contribution is 2.18. The number of aliphatic imine (C=N–C) groups is 1. The Morgan fingerprint density at radius 1 is 1.23 bits per heavy atom. The molecular weight excluding hydrogens is 511 g/mol. The molecule has 0 radical (unpaired) electrons. The second-order valence-electron chi connectivity index (χ2n) is 7.68. The number of primary amides is 1. The van der Waals surface area contributed by atoms with Crippen LogP contribution in [0.15, 0.2) is 29.3 Å². The number of nitrogens with one attached hydrogen (secondary N) is 2. The molecule has 2 amide bonds. The standard InChI is InChI=1S/C21H32N6O3.HI/c1-2-23-21(24-13-16-4-3-5-18(12-16)30-15-19(22)28)27-10-8-26(9-11-27)14-20(29)25-17-6-7-17;/h3-5,12,17H,2,6-11,13-15H2,1H3,(H2,22,28)(H,23,24)(H,25,29);1H. The Hall–Kier alpha value is -2.08. The van der Waals surface area contributed by atoms with E-state index in [1.54, 1.807) is 6.07 Å². The van der Waals surface area contributed by atoms with Gasteiger partial charge in [0.25, 0.3) is 5.91 Å². The predicted octanol–water partition coefficient (Wildman–Crippen LogP) is 0.530. The fourth-order valence-electron chi connectivity index (χ4n) is 3.30. The number of nitrogens with zero attached hydrogens (tertiary/aromatic N) is 3. The van der Waals surface area contributed by atoms with Crippen LogP contribution in [-0.2, 0) is 16.1 Å². The van der Waals surface area contributed by atoms with Gasteiger partial charge in [-0.1, -0.05) is 12.1 Å². The van der Waals surface area contributed by atoms with Gasteiger partial charge in [-0.3, -0.25) is 14.5 Å². The second kappa shape index (κ2) is 12.7. The van der Waals surface area contributed by atoms with Crippen LogP contribution in [0.3, 0.4) is 0 Å². The van der Waals surface area contributed by atoms with Gasteiger partial charge < -0.3 is 26.0 Å². The van der Waals surface area contributed by atoms with Crippen molar-refractivity contribution in [1.82, 2.24) is 20.4 Å². The van der Waals surface area contributed by atoms with Crippen LogP contribution in [0.25, 0.3) is 0 Å². The number of carbonyl (C=O) groups excluding carboxylic acids is 2. The highest BCUT2D eigenvalue weighted by atomic mass is 127. The van der Waals surface area contributed by atoms with Gasteiger partial charge in [0.1, 0.15) is 5.75 Å². The average Bonchev–Trinajstić information content (AvgIpc) is 3.54. The summed E-state index contributed by atoms with van der Waals surface area (Å²) in [6.07, 6.45) is 2.23. The molecule has 31 heavy (non-hydrogen) atoms. The Kier molecular flexibility index (Phi) is 10.3. The molecule has 2 aliphatic rings. The molecule has 1 aromatic carbocycles. The zero-order valence-electron chi connectivity index (χ0n) is 18.0. The van der Waals surface area contributed by atoms with Crippen molar-refractivity contribution >= 4 is 41.8 Å². The first-order chi connectivity index (χ1) is 14.5. The van der Waals surface area contributed by atoms with Gasteiger partial charge in [-0.05, 0) is 37.5 Å². The van der Waals surface area contributed by atoms with Crippen molar-refractivity contribution in [2.75, 3.05) is 45.9 Å². The van der Waals surface area contributed by atoms with Gasteiger partial charge in [0.05, 0.1) is 13.1 Å². The van der Waals surface area contributed by atoms with Crippen LogP contribution in [0.5, 0.6) is 5.75 Å². The topological polar surface area (TPSA) is 112 Å². The third kappa shape index (κ3) is 8.90. The molecule has 9 nitrogen and oxygen atoms in total. The van der Waals surface area contributed by atoms with E-state index in [2.05, 4.69) is 20.4 Å². The summed E-state index contributed by atoms with van der Waals surface area (Å²) in [6.45, 7) is 6.97. The average molecular weight is 544 g/mol. The number of ether oxygens (including phenoxy) is 1. The quantitative estimate of drug-likeness (QED) is 0.238. The summed E-state index contributed by atoms with van der Waals surface area (Å²) in [5, 5.41) is 6.40. The molecule has 1 aromatic rings. The number of hydrogen-bond acceptors (Lipinski definition) is 5. The zero-order chi connectivity index (χ0) is 21.3. The minimum Gasteiger partial charge on any atom is -0.484 e. The zero-order valence-corrected chi connectivity index (χ0v) is 20.3. The molecule has 0 atom stereocenters. The van der Waals surface area contributed by atoms with Crippen LogP contribution in [-0.4, -0.2) is 79.5 Å². The fourth-order valence-corrected chi connectivity index (χ4v) is 3.30. The Balaban J connectivity index is 0.00000341. The van der Waals surface area contributed by atoms with Gasteiger partial charge in [-0.25, -0.2) is 4.99 Å². The van der Waals surface area contributed by atoms with E-state index in [1.807, 2.05) is 25.1 Å². The van der Waals surface area contributed by atoms with Crippen molar-refractivity contribution in [2.24, 2.45) is 10.7 Å². The van der Waals surface area contributed by atoms with Gasteiger partial charge >= 0.3 is 0 Å². The van der Waals surface area contributed by atoms with Gasteiger partial charge in [-0.2, -0.15) is 0 Å².